The van der Waals surface area contributed by atoms with Crippen LogP contribution in [0, 0.1) is 18.6 Å². The number of rotatable bonds is 6. The molecule has 2 aliphatic heterocycles. The van der Waals surface area contributed by atoms with E-state index in [1.807, 2.05) is 17.6 Å². The van der Waals surface area contributed by atoms with E-state index in [0.717, 1.165) is 37.0 Å². The number of imidazole rings is 1. The van der Waals surface area contributed by atoms with Crippen LogP contribution < -0.4 is 5.32 Å². The lowest BCUT2D eigenvalue weighted by molar-refractivity contribution is -0.00439. The first kappa shape index (κ1) is 23.8. The fourth-order valence-corrected chi connectivity index (χ4v) is 4.75. The van der Waals surface area contributed by atoms with Crippen molar-refractivity contribution < 1.29 is 18.3 Å². The summed E-state index contributed by atoms with van der Waals surface area (Å²) in [6.45, 7) is 8.13. The van der Waals surface area contributed by atoms with Crippen molar-refractivity contribution in [2.24, 2.45) is 0 Å². The van der Waals surface area contributed by atoms with Crippen LogP contribution in [0.3, 0.4) is 0 Å². The summed E-state index contributed by atoms with van der Waals surface area (Å²) in [4.78, 5) is 15.1. The van der Waals surface area contributed by atoms with E-state index in [0.29, 0.717) is 38.7 Å². The third-order valence-electron chi connectivity index (χ3n) is 6.70. The van der Waals surface area contributed by atoms with Crippen LogP contribution >= 0.6 is 0 Å². The minimum atomic E-state index is -0.556. The summed E-state index contributed by atoms with van der Waals surface area (Å²) in [5.41, 5.74) is 1.81. The molecule has 5 rings (SSSR count). The molecule has 0 amide bonds. The molecule has 4 heterocycles. The topological polar surface area (TPSA) is 77.3 Å². The van der Waals surface area contributed by atoms with Gasteiger partial charge in [-0.15, -0.1) is 0 Å². The Labute approximate surface area is 203 Å². The molecule has 0 unspecified atom stereocenters. The van der Waals surface area contributed by atoms with Crippen molar-refractivity contribution in [3.8, 4) is 11.4 Å². The zero-order valence-corrected chi connectivity index (χ0v) is 20.0. The molecular weight excluding hydrogens is 454 g/mol. The monoisotopic (exact) mass is 484 g/mol. The molecule has 0 saturated carbocycles. The van der Waals surface area contributed by atoms with Crippen LogP contribution in [0.25, 0.3) is 11.4 Å². The van der Waals surface area contributed by atoms with Crippen LogP contribution in [-0.4, -0.2) is 63.4 Å². The maximum atomic E-state index is 14.9. The van der Waals surface area contributed by atoms with Crippen LogP contribution in [0.2, 0.25) is 0 Å². The first-order valence-corrected chi connectivity index (χ1v) is 12.0. The lowest BCUT2D eigenvalue weighted by Crippen LogP contribution is -2.42. The van der Waals surface area contributed by atoms with Gasteiger partial charge in [0.15, 0.2) is 5.82 Å². The summed E-state index contributed by atoms with van der Waals surface area (Å²) in [7, 11) is 0. The highest BCUT2D eigenvalue weighted by molar-refractivity contribution is 5.60. The standard InChI is InChI=1S/C25H30F2N6O2/c1-16-15-35-10-7-32(16)14-18-3-4-22(20(26)11-18)30-25-29-12-21(27)24(31-25)23-13-28-17(2)33(23)19-5-8-34-9-6-19/h3-4,11-13,16,19H,5-10,14-15H2,1-2H3,(H,29,30,31)/t16-/m1/s1. The number of anilines is 2. The maximum absolute atomic E-state index is 14.9. The van der Waals surface area contributed by atoms with Crippen molar-refractivity contribution >= 4 is 11.6 Å². The number of aryl methyl sites for hydroxylation is 1. The van der Waals surface area contributed by atoms with Gasteiger partial charge in [0.05, 0.1) is 37.0 Å². The molecule has 0 spiro atoms. The number of ether oxygens (including phenoxy) is 2. The average Bonchev–Trinajstić information content (AvgIpc) is 3.25. The molecule has 8 nitrogen and oxygen atoms in total. The van der Waals surface area contributed by atoms with E-state index in [4.69, 9.17) is 9.47 Å². The van der Waals surface area contributed by atoms with E-state index in [1.54, 1.807) is 12.3 Å². The van der Waals surface area contributed by atoms with Gasteiger partial charge >= 0.3 is 0 Å². The molecule has 2 fully saturated rings. The molecule has 1 N–H and O–H groups in total. The fraction of sp³-hybridized carbons (Fsp3) is 0.480. The number of hydrogen-bond donors (Lipinski definition) is 1. The maximum Gasteiger partial charge on any atom is 0.228 e. The predicted molar refractivity (Wildman–Crippen MR) is 127 cm³/mol. The molecule has 2 aromatic heterocycles. The minimum absolute atomic E-state index is 0.118. The average molecular weight is 485 g/mol. The van der Waals surface area contributed by atoms with Crippen molar-refractivity contribution in [3.05, 3.63) is 53.6 Å². The molecule has 0 radical (unpaired) electrons. The molecule has 1 atom stereocenters. The second-order valence-electron chi connectivity index (χ2n) is 9.13. The Morgan fingerprint density at radius 3 is 2.66 bits per heavy atom. The van der Waals surface area contributed by atoms with E-state index in [1.165, 1.54) is 6.07 Å². The van der Waals surface area contributed by atoms with Crippen LogP contribution in [0.15, 0.2) is 30.6 Å². The Kier molecular flexibility index (Phi) is 7.03. The molecule has 2 aliphatic rings. The van der Waals surface area contributed by atoms with Gasteiger partial charge in [0, 0.05) is 38.4 Å². The molecule has 0 bridgehead atoms. The summed E-state index contributed by atoms with van der Waals surface area (Å²) in [6.07, 6.45) is 4.38. The highest BCUT2D eigenvalue weighted by Crippen LogP contribution is 2.31. The molecule has 10 heteroatoms. The fourth-order valence-electron chi connectivity index (χ4n) is 4.75. The third kappa shape index (κ3) is 5.19. The predicted octanol–water partition coefficient (Wildman–Crippen LogP) is 4.24. The molecule has 1 aromatic carbocycles. The van der Waals surface area contributed by atoms with E-state index in [9.17, 15) is 8.78 Å². The lowest BCUT2D eigenvalue weighted by Gasteiger charge is -2.33. The van der Waals surface area contributed by atoms with Gasteiger partial charge in [0.2, 0.25) is 5.95 Å². The number of aromatic nitrogens is 4. The van der Waals surface area contributed by atoms with Crippen molar-refractivity contribution in [2.45, 2.75) is 45.3 Å². The van der Waals surface area contributed by atoms with Gasteiger partial charge in [0.25, 0.3) is 0 Å². The Bertz CT molecular complexity index is 1180. The molecule has 3 aromatic rings. The largest absolute Gasteiger partial charge is 0.381 e. The van der Waals surface area contributed by atoms with Gasteiger partial charge in [0.1, 0.15) is 17.3 Å². The molecular formula is C25H30F2N6O2. The van der Waals surface area contributed by atoms with Crippen molar-refractivity contribution in [3.63, 3.8) is 0 Å². The molecule has 0 aliphatic carbocycles. The molecule has 186 valence electrons. The smallest absolute Gasteiger partial charge is 0.228 e. The van der Waals surface area contributed by atoms with Gasteiger partial charge in [-0.3, -0.25) is 4.90 Å². The zero-order valence-electron chi connectivity index (χ0n) is 20.0. The van der Waals surface area contributed by atoms with E-state index in [2.05, 4.69) is 32.1 Å². The van der Waals surface area contributed by atoms with Crippen LogP contribution in [0.4, 0.5) is 20.4 Å². The number of morpholine rings is 1. The summed E-state index contributed by atoms with van der Waals surface area (Å²) in [5, 5.41) is 2.91. The van der Waals surface area contributed by atoms with Gasteiger partial charge in [-0.25, -0.2) is 23.7 Å². The molecule has 2 saturated heterocycles. The first-order chi connectivity index (χ1) is 17.0. The van der Waals surface area contributed by atoms with Gasteiger partial charge in [-0.1, -0.05) is 6.07 Å². The number of benzene rings is 1. The van der Waals surface area contributed by atoms with E-state index < -0.39 is 11.6 Å². The highest BCUT2D eigenvalue weighted by atomic mass is 19.1. The summed E-state index contributed by atoms with van der Waals surface area (Å²) < 4.78 is 42.7. The number of nitrogens with one attached hydrogen (secondary N) is 1. The second-order valence-corrected chi connectivity index (χ2v) is 9.13. The van der Waals surface area contributed by atoms with Crippen molar-refractivity contribution in [1.29, 1.82) is 0 Å². The summed E-state index contributed by atoms with van der Waals surface area (Å²) >= 11 is 0. The normalized spacial score (nSPS) is 19.7. The Balaban J connectivity index is 1.36. The third-order valence-corrected chi connectivity index (χ3v) is 6.70. The summed E-state index contributed by atoms with van der Waals surface area (Å²) in [6, 6.07) is 5.50. The summed E-state index contributed by atoms with van der Waals surface area (Å²) in [5.74, 6) is -0.0666. The van der Waals surface area contributed by atoms with Crippen LogP contribution in [0.5, 0.6) is 0 Å². The number of hydrogen-bond acceptors (Lipinski definition) is 7. The Morgan fingerprint density at radius 1 is 1.06 bits per heavy atom. The van der Waals surface area contributed by atoms with E-state index >= 15 is 0 Å². The van der Waals surface area contributed by atoms with Crippen LogP contribution in [-0.2, 0) is 16.0 Å². The van der Waals surface area contributed by atoms with Gasteiger partial charge in [-0.05, 0) is 44.4 Å². The van der Waals surface area contributed by atoms with Crippen molar-refractivity contribution in [2.75, 3.05) is 38.3 Å². The second kappa shape index (κ2) is 10.3. The van der Waals surface area contributed by atoms with Crippen LogP contribution in [0.1, 0.15) is 37.2 Å². The number of nitrogens with zero attached hydrogens (tertiary/aromatic N) is 5. The van der Waals surface area contributed by atoms with E-state index in [-0.39, 0.29) is 29.4 Å². The Hall–Kier alpha value is -2.95. The SMILES string of the molecule is Cc1ncc(-c2nc(Nc3ccc(CN4CCOC[C@H]4C)cc3F)ncc2F)n1C1CCOCC1. The zero-order chi connectivity index (χ0) is 24.4. The van der Waals surface area contributed by atoms with Gasteiger partial charge in [-0.2, -0.15) is 0 Å². The van der Waals surface area contributed by atoms with Crippen molar-refractivity contribution in [1.82, 2.24) is 24.4 Å². The minimum Gasteiger partial charge on any atom is -0.381 e. The number of halogens is 2. The Morgan fingerprint density at radius 2 is 1.89 bits per heavy atom. The highest BCUT2D eigenvalue weighted by Gasteiger charge is 2.24. The van der Waals surface area contributed by atoms with Gasteiger partial charge < -0.3 is 19.4 Å². The first-order valence-electron chi connectivity index (χ1n) is 12.0. The quantitative estimate of drug-likeness (QED) is 0.561. The lowest BCUT2D eigenvalue weighted by atomic mass is 10.1. The molecule has 35 heavy (non-hydrogen) atoms.